The molecule has 0 spiro atoms. The minimum atomic E-state index is -0.124. The van der Waals surface area contributed by atoms with Crippen LogP contribution in [0.3, 0.4) is 0 Å². The van der Waals surface area contributed by atoms with Crippen LogP contribution in [0.4, 0.5) is 0 Å². The van der Waals surface area contributed by atoms with E-state index in [-0.39, 0.29) is 11.5 Å². The maximum absolute atomic E-state index is 12.1. The smallest absolute Gasteiger partial charge is 0.189 e. The van der Waals surface area contributed by atoms with Gasteiger partial charge in [-0.25, -0.2) is 0 Å². The summed E-state index contributed by atoms with van der Waals surface area (Å²) in [7, 11) is 0. The first-order valence-electron chi connectivity index (χ1n) is 6.26. The molecule has 0 saturated heterocycles. The molecule has 2 rings (SSSR count). The van der Waals surface area contributed by atoms with Crippen molar-refractivity contribution in [3.8, 4) is 5.75 Å². The fourth-order valence-corrected chi connectivity index (χ4v) is 2.30. The lowest BCUT2D eigenvalue weighted by molar-refractivity contribution is 0.104. The van der Waals surface area contributed by atoms with Crippen LogP contribution in [0, 0.1) is 6.92 Å². The summed E-state index contributed by atoms with van der Waals surface area (Å²) >= 11 is 3.33. The summed E-state index contributed by atoms with van der Waals surface area (Å²) in [5, 5.41) is 13.9. The van der Waals surface area contributed by atoms with Crippen LogP contribution in [0.1, 0.15) is 28.5 Å². The van der Waals surface area contributed by atoms with Crippen LogP contribution in [0.15, 0.2) is 34.9 Å². The molecule has 0 amide bonds. The highest BCUT2D eigenvalue weighted by Gasteiger charge is 2.11. The van der Waals surface area contributed by atoms with Gasteiger partial charge in [0.25, 0.3) is 0 Å². The molecule has 5 heteroatoms. The topological polar surface area (TPSA) is 55.1 Å². The van der Waals surface area contributed by atoms with Crippen LogP contribution in [0.5, 0.6) is 5.75 Å². The molecule has 1 heterocycles. The van der Waals surface area contributed by atoms with Crippen LogP contribution in [-0.4, -0.2) is 20.7 Å². The number of phenolic OH excluding ortho intramolecular Hbond substituents is 1. The van der Waals surface area contributed by atoms with Crippen molar-refractivity contribution in [3.63, 3.8) is 0 Å². The SMILES string of the molecule is CCn1ncc(C(=O)C=Cc2cc(Br)ccc2O)c1C. The van der Waals surface area contributed by atoms with Gasteiger partial charge < -0.3 is 5.11 Å². The Labute approximate surface area is 125 Å². The normalized spacial score (nSPS) is 11.2. The van der Waals surface area contributed by atoms with E-state index in [9.17, 15) is 9.90 Å². The number of phenols is 1. The molecule has 1 aromatic carbocycles. The summed E-state index contributed by atoms with van der Waals surface area (Å²) in [5.74, 6) is 0.0137. The molecule has 1 aromatic heterocycles. The van der Waals surface area contributed by atoms with Crippen LogP contribution < -0.4 is 0 Å². The number of aromatic hydroxyl groups is 1. The van der Waals surface area contributed by atoms with Crippen molar-refractivity contribution < 1.29 is 9.90 Å². The number of aryl methyl sites for hydroxylation is 1. The van der Waals surface area contributed by atoms with Gasteiger partial charge in [-0.05, 0) is 44.2 Å². The Bertz CT molecular complexity index is 675. The second-order valence-corrected chi connectivity index (χ2v) is 5.28. The molecule has 0 unspecified atom stereocenters. The number of hydrogen-bond donors (Lipinski definition) is 1. The molecule has 0 bridgehead atoms. The van der Waals surface area contributed by atoms with E-state index in [1.165, 1.54) is 6.08 Å². The van der Waals surface area contributed by atoms with Gasteiger partial charge in [0.05, 0.1) is 11.8 Å². The predicted molar refractivity (Wildman–Crippen MR) is 81.8 cm³/mol. The highest BCUT2D eigenvalue weighted by molar-refractivity contribution is 9.10. The number of benzene rings is 1. The first-order chi connectivity index (χ1) is 9.52. The lowest BCUT2D eigenvalue weighted by Crippen LogP contribution is -2.01. The van der Waals surface area contributed by atoms with Crippen molar-refractivity contribution in [2.45, 2.75) is 20.4 Å². The van der Waals surface area contributed by atoms with E-state index in [1.54, 1.807) is 35.2 Å². The molecule has 4 nitrogen and oxygen atoms in total. The maximum Gasteiger partial charge on any atom is 0.189 e. The Hall–Kier alpha value is -1.88. The Morgan fingerprint density at radius 1 is 1.50 bits per heavy atom. The second-order valence-electron chi connectivity index (χ2n) is 4.36. The molecule has 0 saturated carbocycles. The van der Waals surface area contributed by atoms with Gasteiger partial charge >= 0.3 is 0 Å². The molecule has 0 atom stereocenters. The molecular weight excluding hydrogens is 320 g/mol. The Morgan fingerprint density at radius 2 is 2.25 bits per heavy atom. The number of ketones is 1. The van der Waals surface area contributed by atoms with Crippen molar-refractivity contribution in [1.29, 1.82) is 0 Å². The number of carbonyl (C=O) groups is 1. The molecule has 0 aliphatic rings. The van der Waals surface area contributed by atoms with E-state index in [2.05, 4.69) is 21.0 Å². The monoisotopic (exact) mass is 334 g/mol. The zero-order chi connectivity index (χ0) is 14.7. The average Bonchev–Trinajstić information content (AvgIpc) is 2.80. The number of allylic oxidation sites excluding steroid dienone is 1. The molecule has 0 aliphatic carbocycles. The Kier molecular flexibility index (Phi) is 4.39. The van der Waals surface area contributed by atoms with E-state index in [4.69, 9.17) is 0 Å². The summed E-state index contributed by atoms with van der Waals surface area (Å²) in [6, 6.07) is 5.07. The van der Waals surface area contributed by atoms with E-state index in [0.717, 1.165) is 16.7 Å². The highest BCUT2D eigenvalue weighted by atomic mass is 79.9. The van der Waals surface area contributed by atoms with E-state index >= 15 is 0 Å². The highest BCUT2D eigenvalue weighted by Crippen LogP contribution is 2.23. The van der Waals surface area contributed by atoms with Crippen molar-refractivity contribution >= 4 is 27.8 Å². The molecule has 2 aromatic rings. The third kappa shape index (κ3) is 2.99. The summed E-state index contributed by atoms with van der Waals surface area (Å²) in [6.07, 6.45) is 4.63. The minimum absolute atomic E-state index is 0.124. The number of carbonyl (C=O) groups excluding carboxylic acids is 1. The standard InChI is InChI=1S/C15H15BrN2O2/c1-3-18-10(2)13(9-17-18)15(20)6-4-11-8-12(16)5-7-14(11)19/h4-9,19H,3H2,1-2H3. The zero-order valence-electron chi connectivity index (χ0n) is 11.3. The van der Waals surface area contributed by atoms with Gasteiger partial charge in [-0.1, -0.05) is 15.9 Å². The molecule has 104 valence electrons. The summed E-state index contributed by atoms with van der Waals surface area (Å²) in [4.78, 5) is 12.1. The molecular formula is C15H15BrN2O2. The summed E-state index contributed by atoms with van der Waals surface area (Å²) in [5.41, 5.74) is 2.02. The quantitative estimate of drug-likeness (QED) is 0.686. The number of rotatable bonds is 4. The zero-order valence-corrected chi connectivity index (χ0v) is 12.9. The van der Waals surface area contributed by atoms with Crippen molar-refractivity contribution in [2.75, 3.05) is 0 Å². The van der Waals surface area contributed by atoms with Gasteiger partial charge in [-0.2, -0.15) is 5.10 Å². The second kappa shape index (κ2) is 6.05. The number of nitrogens with zero attached hydrogens (tertiary/aromatic N) is 2. The van der Waals surface area contributed by atoms with E-state index in [1.807, 2.05) is 13.8 Å². The molecule has 1 N–H and O–H groups in total. The number of aromatic nitrogens is 2. The third-order valence-corrected chi connectivity index (χ3v) is 3.57. The predicted octanol–water partition coefficient (Wildman–Crippen LogP) is 3.58. The van der Waals surface area contributed by atoms with Gasteiger partial charge in [0.2, 0.25) is 0 Å². The van der Waals surface area contributed by atoms with Gasteiger partial charge in [0.1, 0.15) is 5.75 Å². The fourth-order valence-electron chi connectivity index (χ4n) is 1.92. The molecule has 0 fully saturated rings. The van der Waals surface area contributed by atoms with Crippen LogP contribution >= 0.6 is 15.9 Å². The van der Waals surface area contributed by atoms with Gasteiger partial charge in [0, 0.05) is 22.3 Å². The Morgan fingerprint density at radius 3 is 2.90 bits per heavy atom. The first kappa shape index (κ1) is 14.5. The number of halogens is 1. The number of hydrogen-bond acceptors (Lipinski definition) is 3. The van der Waals surface area contributed by atoms with E-state index < -0.39 is 0 Å². The van der Waals surface area contributed by atoms with Crippen molar-refractivity contribution in [1.82, 2.24) is 9.78 Å². The van der Waals surface area contributed by atoms with E-state index in [0.29, 0.717) is 11.1 Å². The van der Waals surface area contributed by atoms with Gasteiger partial charge in [-0.15, -0.1) is 0 Å². The largest absolute Gasteiger partial charge is 0.507 e. The maximum atomic E-state index is 12.1. The molecule has 20 heavy (non-hydrogen) atoms. The third-order valence-electron chi connectivity index (χ3n) is 3.07. The average molecular weight is 335 g/mol. The van der Waals surface area contributed by atoms with Crippen LogP contribution in [-0.2, 0) is 6.54 Å². The summed E-state index contributed by atoms with van der Waals surface area (Å²) in [6.45, 7) is 4.58. The lowest BCUT2D eigenvalue weighted by Gasteiger charge is -2.00. The van der Waals surface area contributed by atoms with Gasteiger partial charge in [-0.3, -0.25) is 9.48 Å². The fraction of sp³-hybridized carbons (Fsp3) is 0.200. The first-order valence-corrected chi connectivity index (χ1v) is 7.05. The lowest BCUT2D eigenvalue weighted by atomic mass is 10.1. The Balaban J connectivity index is 2.24. The molecule has 0 aliphatic heterocycles. The minimum Gasteiger partial charge on any atom is -0.507 e. The summed E-state index contributed by atoms with van der Waals surface area (Å²) < 4.78 is 2.62. The van der Waals surface area contributed by atoms with Crippen molar-refractivity contribution in [3.05, 3.63) is 51.8 Å². The van der Waals surface area contributed by atoms with Crippen molar-refractivity contribution in [2.24, 2.45) is 0 Å². The van der Waals surface area contributed by atoms with Crippen LogP contribution in [0.25, 0.3) is 6.08 Å². The molecule has 0 radical (unpaired) electrons. The van der Waals surface area contributed by atoms with Crippen LogP contribution in [0.2, 0.25) is 0 Å². The van der Waals surface area contributed by atoms with Gasteiger partial charge in [0.15, 0.2) is 5.78 Å².